The highest BCUT2D eigenvalue weighted by Crippen LogP contribution is 2.41. The molecular weight excluding hydrogens is 262 g/mol. The fraction of sp³-hybridized carbons (Fsp3) is 0.600. The molecule has 0 heterocycles. The second-order valence-electron chi connectivity index (χ2n) is 5.22. The summed E-state index contributed by atoms with van der Waals surface area (Å²) in [5, 5.41) is 14.0. The minimum atomic E-state index is -0.387. The number of hydrogen-bond acceptors (Lipinski definition) is 3. The molecule has 0 aliphatic heterocycles. The van der Waals surface area contributed by atoms with Crippen molar-refractivity contribution in [1.29, 1.82) is 0 Å². The van der Waals surface area contributed by atoms with Crippen molar-refractivity contribution in [2.75, 3.05) is 20.3 Å². The molecule has 0 spiro atoms. The van der Waals surface area contributed by atoms with E-state index in [1.807, 2.05) is 12.1 Å². The first kappa shape index (κ1) is 14.8. The summed E-state index contributed by atoms with van der Waals surface area (Å²) >= 11 is 5.92. The van der Waals surface area contributed by atoms with Crippen molar-refractivity contribution >= 4 is 11.6 Å². The van der Waals surface area contributed by atoms with Gasteiger partial charge in [0.2, 0.25) is 0 Å². The zero-order valence-corrected chi connectivity index (χ0v) is 12.1. The number of ether oxygens (including phenoxy) is 1. The highest BCUT2D eigenvalue weighted by Gasteiger charge is 2.31. The zero-order valence-electron chi connectivity index (χ0n) is 11.3. The summed E-state index contributed by atoms with van der Waals surface area (Å²) in [6, 6.07) is 8.43. The van der Waals surface area contributed by atoms with E-state index in [1.54, 1.807) is 7.11 Å². The lowest BCUT2D eigenvalue weighted by atomic mass is 10.0. The summed E-state index contributed by atoms with van der Waals surface area (Å²) in [4.78, 5) is 0. The predicted molar refractivity (Wildman–Crippen MR) is 77.4 cm³/mol. The molecule has 2 unspecified atom stereocenters. The van der Waals surface area contributed by atoms with E-state index < -0.39 is 0 Å². The van der Waals surface area contributed by atoms with Gasteiger partial charge in [-0.3, -0.25) is 0 Å². The van der Waals surface area contributed by atoms with Gasteiger partial charge < -0.3 is 15.2 Å². The first-order chi connectivity index (χ1) is 9.20. The minimum Gasteiger partial charge on any atom is -0.391 e. The second kappa shape index (κ2) is 7.25. The molecule has 0 amide bonds. The van der Waals surface area contributed by atoms with Crippen LogP contribution in [0.4, 0.5) is 0 Å². The molecular formula is C15H22ClNO2. The summed E-state index contributed by atoms with van der Waals surface area (Å²) in [6.07, 6.45) is 2.88. The first-order valence-corrected chi connectivity index (χ1v) is 7.24. The number of aliphatic hydroxyl groups excluding tert-OH is 1. The molecule has 2 rings (SSSR count). The highest BCUT2D eigenvalue weighted by atomic mass is 35.5. The fourth-order valence-electron chi connectivity index (χ4n) is 2.34. The predicted octanol–water partition coefficient (Wildman–Crippen LogP) is 2.78. The van der Waals surface area contributed by atoms with Gasteiger partial charge in [-0.05, 0) is 49.4 Å². The lowest BCUT2D eigenvalue weighted by Gasteiger charge is -2.20. The Morgan fingerprint density at radius 3 is 2.63 bits per heavy atom. The maximum atomic E-state index is 9.64. The van der Waals surface area contributed by atoms with Gasteiger partial charge in [-0.2, -0.15) is 0 Å². The molecule has 1 aromatic rings. The molecule has 106 valence electrons. The van der Waals surface area contributed by atoms with E-state index >= 15 is 0 Å². The van der Waals surface area contributed by atoms with E-state index in [9.17, 15) is 5.11 Å². The van der Waals surface area contributed by atoms with Crippen LogP contribution in [0, 0.1) is 5.92 Å². The van der Waals surface area contributed by atoms with Crippen molar-refractivity contribution in [3.05, 3.63) is 34.9 Å². The van der Waals surface area contributed by atoms with Crippen LogP contribution in [0.5, 0.6) is 0 Å². The van der Waals surface area contributed by atoms with Crippen molar-refractivity contribution in [3.8, 4) is 0 Å². The van der Waals surface area contributed by atoms with Crippen LogP contribution in [0.1, 0.15) is 30.9 Å². The average Bonchev–Trinajstić information content (AvgIpc) is 3.21. The third kappa shape index (κ3) is 4.77. The Morgan fingerprint density at radius 2 is 2.05 bits per heavy atom. The Labute approximate surface area is 119 Å². The maximum Gasteiger partial charge on any atom is 0.0785 e. The molecule has 3 nitrogen and oxygen atoms in total. The van der Waals surface area contributed by atoms with Gasteiger partial charge in [0.1, 0.15) is 0 Å². The van der Waals surface area contributed by atoms with Gasteiger partial charge in [-0.25, -0.2) is 0 Å². The SMILES string of the molecule is COCC(O)CCNC(c1ccc(Cl)cc1)C1CC1. The van der Waals surface area contributed by atoms with Gasteiger partial charge in [0, 0.05) is 18.2 Å². The number of halogens is 1. The molecule has 0 aromatic heterocycles. The van der Waals surface area contributed by atoms with E-state index in [4.69, 9.17) is 16.3 Å². The van der Waals surface area contributed by atoms with Gasteiger partial charge in [-0.15, -0.1) is 0 Å². The molecule has 0 bridgehead atoms. The lowest BCUT2D eigenvalue weighted by Crippen LogP contribution is -2.28. The number of aliphatic hydroxyl groups is 1. The molecule has 2 N–H and O–H groups in total. The van der Waals surface area contributed by atoms with Gasteiger partial charge >= 0.3 is 0 Å². The normalized spacial score (nSPS) is 18.3. The van der Waals surface area contributed by atoms with Crippen molar-refractivity contribution in [1.82, 2.24) is 5.32 Å². The number of rotatable bonds is 8. The van der Waals surface area contributed by atoms with Crippen LogP contribution >= 0.6 is 11.6 Å². The van der Waals surface area contributed by atoms with Crippen molar-refractivity contribution in [3.63, 3.8) is 0 Å². The monoisotopic (exact) mass is 283 g/mol. The lowest BCUT2D eigenvalue weighted by molar-refractivity contribution is 0.0588. The Bertz CT molecular complexity index is 378. The van der Waals surface area contributed by atoms with Crippen molar-refractivity contribution in [2.24, 2.45) is 5.92 Å². The zero-order chi connectivity index (χ0) is 13.7. The van der Waals surface area contributed by atoms with Crippen LogP contribution in [0.2, 0.25) is 5.02 Å². The average molecular weight is 284 g/mol. The number of benzene rings is 1. The van der Waals surface area contributed by atoms with Crippen molar-refractivity contribution in [2.45, 2.75) is 31.4 Å². The molecule has 1 aliphatic rings. The Balaban J connectivity index is 1.85. The molecule has 1 fully saturated rings. The van der Waals surface area contributed by atoms with Crippen molar-refractivity contribution < 1.29 is 9.84 Å². The number of nitrogens with one attached hydrogen (secondary N) is 1. The maximum absolute atomic E-state index is 9.64. The molecule has 0 radical (unpaired) electrons. The van der Waals surface area contributed by atoms with E-state index in [2.05, 4.69) is 17.4 Å². The van der Waals surface area contributed by atoms with E-state index in [1.165, 1.54) is 18.4 Å². The van der Waals surface area contributed by atoms with E-state index in [0.717, 1.165) is 17.5 Å². The molecule has 0 saturated heterocycles. The third-order valence-electron chi connectivity index (χ3n) is 3.52. The van der Waals surface area contributed by atoms with Crippen LogP contribution in [0.25, 0.3) is 0 Å². The largest absolute Gasteiger partial charge is 0.391 e. The molecule has 2 atom stereocenters. The van der Waals surface area contributed by atoms with Gasteiger partial charge in [-0.1, -0.05) is 23.7 Å². The standard InChI is InChI=1S/C15H22ClNO2/c1-19-10-14(18)8-9-17-15(11-2-3-11)12-4-6-13(16)7-5-12/h4-7,11,14-15,17-18H,2-3,8-10H2,1H3. The summed E-state index contributed by atoms with van der Waals surface area (Å²) in [5.41, 5.74) is 1.29. The Hall–Kier alpha value is -0.610. The summed E-state index contributed by atoms with van der Waals surface area (Å²) in [5.74, 6) is 0.723. The van der Waals surface area contributed by atoms with Crippen LogP contribution in [0.3, 0.4) is 0 Å². The van der Waals surface area contributed by atoms with E-state index in [-0.39, 0.29) is 6.10 Å². The van der Waals surface area contributed by atoms with Crippen LogP contribution in [0.15, 0.2) is 24.3 Å². The van der Waals surface area contributed by atoms with E-state index in [0.29, 0.717) is 19.1 Å². The fourth-order valence-corrected chi connectivity index (χ4v) is 2.46. The van der Waals surface area contributed by atoms with Crippen LogP contribution in [-0.2, 0) is 4.74 Å². The summed E-state index contributed by atoms with van der Waals surface area (Å²) in [6.45, 7) is 1.20. The molecule has 1 aliphatic carbocycles. The first-order valence-electron chi connectivity index (χ1n) is 6.86. The molecule has 1 saturated carbocycles. The number of hydrogen-bond donors (Lipinski definition) is 2. The minimum absolute atomic E-state index is 0.381. The van der Waals surface area contributed by atoms with Gasteiger partial charge in [0.25, 0.3) is 0 Å². The second-order valence-corrected chi connectivity index (χ2v) is 5.66. The highest BCUT2D eigenvalue weighted by molar-refractivity contribution is 6.30. The quantitative estimate of drug-likeness (QED) is 0.771. The van der Waals surface area contributed by atoms with Crippen LogP contribution in [-0.4, -0.2) is 31.5 Å². The summed E-state index contributed by atoms with van der Waals surface area (Å²) in [7, 11) is 1.61. The summed E-state index contributed by atoms with van der Waals surface area (Å²) < 4.78 is 4.93. The topological polar surface area (TPSA) is 41.5 Å². The molecule has 19 heavy (non-hydrogen) atoms. The molecule has 4 heteroatoms. The Morgan fingerprint density at radius 1 is 1.37 bits per heavy atom. The smallest absolute Gasteiger partial charge is 0.0785 e. The molecule has 1 aromatic carbocycles. The Kier molecular flexibility index (Phi) is 5.64. The number of methoxy groups -OCH3 is 1. The van der Waals surface area contributed by atoms with Gasteiger partial charge in [0.15, 0.2) is 0 Å². The van der Waals surface area contributed by atoms with Crippen LogP contribution < -0.4 is 5.32 Å². The third-order valence-corrected chi connectivity index (χ3v) is 3.78. The van der Waals surface area contributed by atoms with Gasteiger partial charge in [0.05, 0.1) is 12.7 Å².